The van der Waals surface area contributed by atoms with E-state index in [0.717, 1.165) is 44.8 Å². The van der Waals surface area contributed by atoms with Crippen LogP contribution in [0.25, 0.3) is 0 Å². The number of hydrogen-bond acceptors (Lipinski definition) is 5. The third-order valence-electron chi connectivity index (χ3n) is 5.27. The number of carbonyl (C=O) groups is 1. The minimum atomic E-state index is -0.430. The summed E-state index contributed by atoms with van der Waals surface area (Å²) < 4.78 is 5.50. The van der Waals surface area contributed by atoms with Gasteiger partial charge in [-0.2, -0.15) is 5.10 Å². The standard InChI is InChI=1S/C18H26N4O2/c1-18(2,3)24-17(23)22-10-13-8-21(9-14(13)11-22)16-7-12-5-4-6-15(12)19-20-16/h7,13-14H,4-6,8-11H2,1-3H3. The zero-order chi connectivity index (χ0) is 16.9. The lowest BCUT2D eigenvalue weighted by Gasteiger charge is -2.26. The Bertz CT molecular complexity index is 641. The second-order valence-electron chi connectivity index (χ2n) is 8.34. The third kappa shape index (κ3) is 2.94. The molecular formula is C18H26N4O2. The van der Waals surface area contributed by atoms with E-state index in [9.17, 15) is 4.79 Å². The molecule has 2 fully saturated rings. The molecule has 3 aliphatic rings. The molecule has 0 radical (unpaired) electrons. The Morgan fingerprint density at radius 2 is 1.83 bits per heavy atom. The van der Waals surface area contributed by atoms with Crippen LogP contribution in [0.3, 0.4) is 0 Å². The van der Waals surface area contributed by atoms with Crippen LogP contribution in [0.1, 0.15) is 38.4 Å². The zero-order valence-corrected chi connectivity index (χ0v) is 14.8. The predicted molar refractivity (Wildman–Crippen MR) is 91.1 cm³/mol. The Morgan fingerprint density at radius 1 is 1.12 bits per heavy atom. The number of amides is 1. The van der Waals surface area contributed by atoms with Gasteiger partial charge in [-0.1, -0.05) is 0 Å². The maximum atomic E-state index is 12.2. The van der Waals surface area contributed by atoms with Gasteiger partial charge < -0.3 is 14.5 Å². The Morgan fingerprint density at radius 3 is 2.50 bits per heavy atom. The lowest BCUT2D eigenvalue weighted by Crippen LogP contribution is -2.37. The summed E-state index contributed by atoms with van der Waals surface area (Å²) in [4.78, 5) is 16.4. The fourth-order valence-corrected chi connectivity index (χ4v) is 4.13. The average molecular weight is 330 g/mol. The van der Waals surface area contributed by atoms with E-state index >= 15 is 0 Å². The first-order chi connectivity index (χ1) is 11.4. The molecule has 2 aliphatic heterocycles. The molecule has 3 heterocycles. The molecule has 2 unspecified atom stereocenters. The van der Waals surface area contributed by atoms with E-state index in [4.69, 9.17) is 4.74 Å². The highest BCUT2D eigenvalue weighted by atomic mass is 16.6. The molecule has 130 valence electrons. The highest BCUT2D eigenvalue weighted by Gasteiger charge is 2.43. The lowest BCUT2D eigenvalue weighted by atomic mass is 10.0. The number of hydrogen-bond donors (Lipinski definition) is 0. The van der Waals surface area contributed by atoms with Crippen molar-refractivity contribution in [2.45, 2.75) is 45.6 Å². The van der Waals surface area contributed by atoms with Gasteiger partial charge in [-0.05, 0) is 51.7 Å². The normalized spacial score (nSPS) is 25.8. The van der Waals surface area contributed by atoms with Gasteiger partial charge in [-0.3, -0.25) is 0 Å². The first-order valence-electron chi connectivity index (χ1n) is 8.97. The minimum absolute atomic E-state index is 0.180. The van der Waals surface area contributed by atoms with Crippen LogP contribution in [0.15, 0.2) is 6.07 Å². The van der Waals surface area contributed by atoms with Gasteiger partial charge in [0, 0.05) is 38.0 Å². The van der Waals surface area contributed by atoms with Crippen LogP contribution in [-0.2, 0) is 17.6 Å². The van der Waals surface area contributed by atoms with Gasteiger partial charge in [-0.15, -0.1) is 5.10 Å². The summed E-state index contributed by atoms with van der Waals surface area (Å²) in [5.41, 5.74) is 2.11. The number of fused-ring (bicyclic) bond motifs is 2. The van der Waals surface area contributed by atoms with Crippen LogP contribution >= 0.6 is 0 Å². The topological polar surface area (TPSA) is 58.6 Å². The summed E-state index contributed by atoms with van der Waals surface area (Å²) in [6.07, 6.45) is 3.22. The molecule has 0 N–H and O–H groups in total. The summed E-state index contributed by atoms with van der Waals surface area (Å²) in [6.45, 7) is 9.22. The number of ether oxygens (including phenoxy) is 1. The van der Waals surface area contributed by atoms with Gasteiger partial charge in [-0.25, -0.2) is 4.79 Å². The van der Waals surface area contributed by atoms with Crippen molar-refractivity contribution in [2.24, 2.45) is 11.8 Å². The summed E-state index contributed by atoms with van der Waals surface area (Å²) in [5.74, 6) is 2.02. The second-order valence-corrected chi connectivity index (χ2v) is 8.34. The van der Waals surface area contributed by atoms with Crippen molar-refractivity contribution in [3.8, 4) is 0 Å². The van der Waals surface area contributed by atoms with E-state index in [1.54, 1.807) is 0 Å². The first-order valence-corrected chi connectivity index (χ1v) is 8.97. The molecule has 24 heavy (non-hydrogen) atoms. The van der Waals surface area contributed by atoms with Crippen molar-refractivity contribution in [1.82, 2.24) is 15.1 Å². The largest absolute Gasteiger partial charge is 0.444 e. The number of aryl methyl sites for hydroxylation is 2. The number of anilines is 1. The van der Waals surface area contributed by atoms with Crippen molar-refractivity contribution < 1.29 is 9.53 Å². The molecule has 0 aromatic carbocycles. The van der Waals surface area contributed by atoms with E-state index in [2.05, 4.69) is 21.2 Å². The molecule has 2 atom stereocenters. The molecule has 4 rings (SSSR count). The van der Waals surface area contributed by atoms with Crippen molar-refractivity contribution >= 4 is 11.9 Å². The molecule has 6 heteroatoms. The monoisotopic (exact) mass is 330 g/mol. The maximum absolute atomic E-state index is 12.2. The van der Waals surface area contributed by atoms with Gasteiger partial charge in [0.2, 0.25) is 0 Å². The number of rotatable bonds is 1. The molecule has 1 aliphatic carbocycles. The lowest BCUT2D eigenvalue weighted by molar-refractivity contribution is 0.0282. The van der Waals surface area contributed by atoms with Crippen LogP contribution in [0.5, 0.6) is 0 Å². The average Bonchev–Trinajstić information content (AvgIpc) is 3.18. The minimum Gasteiger partial charge on any atom is -0.444 e. The zero-order valence-electron chi connectivity index (χ0n) is 14.8. The van der Waals surface area contributed by atoms with E-state index < -0.39 is 5.60 Å². The Balaban J connectivity index is 1.39. The fourth-order valence-electron chi connectivity index (χ4n) is 4.13. The quantitative estimate of drug-likeness (QED) is 0.790. The Kier molecular flexibility index (Phi) is 3.66. The SMILES string of the molecule is CC(C)(C)OC(=O)N1CC2CN(c3cc4c(nn3)CCC4)CC2C1. The number of aromatic nitrogens is 2. The summed E-state index contributed by atoms with van der Waals surface area (Å²) in [5, 5.41) is 8.84. The van der Waals surface area contributed by atoms with Crippen molar-refractivity contribution in [1.29, 1.82) is 0 Å². The molecule has 6 nitrogen and oxygen atoms in total. The van der Waals surface area contributed by atoms with Crippen LogP contribution in [0.4, 0.5) is 10.6 Å². The van der Waals surface area contributed by atoms with Crippen LogP contribution in [0.2, 0.25) is 0 Å². The van der Waals surface area contributed by atoms with Crippen molar-refractivity contribution in [2.75, 3.05) is 31.1 Å². The number of carbonyl (C=O) groups excluding carboxylic acids is 1. The molecule has 2 saturated heterocycles. The van der Waals surface area contributed by atoms with Gasteiger partial charge >= 0.3 is 6.09 Å². The fraction of sp³-hybridized carbons (Fsp3) is 0.722. The summed E-state index contributed by atoms with van der Waals surface area (Å²) >= 11 is 0. The smallest absolute Gasteiger partial charge is 0.410 e. The van der Waals surface area contributed by atoms with Crippen molar-refractivity contribution in [3.05, 3.63) is 17.3 Å². The van der Waals surface area contributed by atoms with Gasteiger partial charge in [0.1, 0.15) is 5.60 Å². The van der Waals surface area contributed by atoms with E-state index in [1.807, 2.05) is 25.7 Å². The van der Waals surface area contributed by atoms with Gasteiger partial charge in [0.05, 0.1) is 5.69 Å². The highest BCUT2D eigenvalue weighted by molar-refractivity contribution is 5.68. The van der Waals surface area contributed by atoms with Crippen LogP contribution in [0, 0.1) is 11.8 Å². The van der Waals surface area contributed by atoms with Crippen LogP contribution < -0.4 is 4.90 Å². The van der Waals surface area contributed by atoms with Gasteiger partial charge in [0.15, 0.2) is 5.82 Å². The number of nitrogens with zero attached hydrogens (tertiary/aromatic N) is 4. The van der Waals surface area contributed by atoms with Crippen LogP contribution in [-0.4, -0.2) is 53.0 Å². The van der Waals surface area contributed by atoms with Crippen molar-refractivity contribution in [3.63, 3.8) is 0 Å². The second kappa shape index (κ2) is 5.60. The van der Waals surface area contributed by atoms with Gasteiger partial charge in [0.25, 0.3) is 0 Å². The Hall–Kier alpha value is -1.85. The number of likely N-dealkylation sites (tertiary alicyclic amines) is 1. The molecule has 1 amide bonds. The highest BCUT2D eigenvalue weighted by Crippen LogP contribution is 2.34. The first kappa shape index (κ1) is 15.7. The summed E-state index contributed by atoms with van der Waals surface area (Å²) in [7, 11) is 0. The third-order valence-corrected chi connectivity index (χ3v) is 5.27. The molecule has 0 bridgehead atoms. The maximum Gasteiger partial charge on any atom is 0.410 e. The Labute approximate surface area is 143 Å². The van der Waals surface area contributed by atoms with E-state index in [-0.39, 0.29) is 6.09 Å². The summed E-state index contributed by atoms with van der Waals surface area (Å²) in [6, 6.07) is 2.22. The molecule has 1 aromatic rings. The van der Waals surface area contributed by atoms with E-state index in [1.165, 1.54) is 17.7 Å². The molecular weight excluding hydrogens is 304 g/mol. The van der Waals surface area contributed by atoms with E-state index in [0.29, 0.717) is 11.8 Å². The predicted octanol–water partition coefficient (Wildman–Crippen LogP) is 2.27. The molecule has 0 spiro atoms. The molecule has 0 saturated carbocycles. The molecule has 1 aromatic heterocycles.